The fourth-order valence-corrected chi connectivity index (χ4v) is 1.88. The highest BCUT2D eigenvalue weighted by molar-refractivity contribution is 8.13. The lowest BCUT2D eigenvalue weighted by molar-refractivity contribution is -0.110. The second kappa shape index (κ2) is 4.44. The molecule has 4 nitrogen and oxygen atoms in total. The van der Waals surface area contributed by atoms with Crippen LogP contribution in [0.5, 0.6) is 11.5 Å². The van der Waals surface area contributed by atoms with Crippen LogP contribution in [0.15, 0.2) is 24.3 Å². The maximum absolute atomic E-state index is 5.71. The minimum atomic E-state index is 0.00648. The molecule has 15 heavy (non-hydrogen) atoms. The number of fused-ring (bicyclic) bond motifs is 1. The molecule has 1 aromatic carbocycles. The Balaban J connectivity index is 1.96. The van der Waals surface area contributed by atoms with Crippen LogP contribution in [0.1, 0.15) is 0 Å². The Labute approximate surface area is 92.3 Å². The van der Waals surface area contributed by atoms with Crippen molar-refractivity contribution in [2.75, 3.05) is 12.4 Å². The Kier molecular flexibility index (Phi) is 3.01. The molecule has 5 heteroatoms. The number of ether oxygens (including phenoxy) is 2. The van der Waals surface area contributed by atoms with Crippen LogP contribution in [0.3, 0.4) is 0 Å². The third kappa shape index (κ3) is 2.56. The van der Waals surface area contributed by atoms with Gasteiger partial charge in [0.25, 0.3) is 5.17 Å². The predicted octanol–water partition coefficient (Wildman–Crippen LogP) is -0.367. The van der Waals surface area contributed by atoms with E-state index in [-0.39, 0.29) is 6.10 Å². The quantitative estimate of drug-likeness (QED) is 0.532. The summed E-state index contributed by atoms with van der Waals surface area (Å²) in [5.74, 6) is 2.28. The summed E-state index contributed by atoms with van der Waals surface area (Å²) in [4.78, 5) is 0. The van der Waals surface area contributed by atoms with Crippen molar-refractivity contribution in [1.29, 1.82) is 0 Å². The van der Waals surface area contributed by atoms with Gasteiger partial charge in [-0.05, 0) is 23.9 Å². The normalized spacial score (nSPS) is 18.5. The van der Waals surface area contributed by atoms with Crippen LogP contribution >= 0.6 is 11.8 Å². The molecule has 80 valence electrons. The summed E-state index contributed by atoms with van der Waals surface area (Å²) in [6.45, 7) is 0.539. The first-order valence-corrected chi connectivity index (χ1v) is 5.63. The lowest BCUT2D eigenvalue weighted by atomic mass is 10.3. The monoisotopic (exact) mass is 225 g/mol. The summed E-state index contributed by atoms with van der Waals surface area (Å²) < 4.78 is 11.3. The topological polar surface area (TPSA) is 70.1 Å². The zero-order valence-corrected chi connectivity index (χ0v) is 9.00. The van der Waals surface area contributed by atoms with Crippen LogP contribution in [0.4, 0.5) is 0 Å². The van der Waals surface area contributed by atoms with Crippen molar-refractivity contribution in [2.24, 2.45) is 5.73 Å². The molecule has 0 saturated carbocycles. The van der Waals surface area contributed by atoms with E-state index in [0.29, 0.717) is 17.5 Å². The molecule has 0 bridgehead atoms. The van der Waals surface area contributed by atoms with Gasteiger partial charge in [0.05, 0.1) is 0 Å². The Morgan fingerprint density at radius 2 is 2.20 bits per heavy atom. The molecule has 1 atom stereocenters. The number of amidine groups is 1. The van der Waals surface area contributed by atoms with Crippen molar-refractivity contribution in [3.8, 4) is 11.5 Å². The molecule has 0 aliphatic carbocycles. The average Bonchev–Trinajstić information content (AvgIpc) is 2.26. The SMILES string of the molecule is NC(=[NH2+])SCC1COc2ccccc2O1. The van der Waals surface area contributed by atoms with Gasteiger partial charge in [0, 0.05) is 5.75 Å². The van der Waals surface area contributed by atoms with E-state index >= 15 is 0 Å². The summed E-state index contributed by atoms with van der Waals surface area (Å²) in [5.41, 5.74) is 5.37. The van der Waals surface area contributed by atoms with Crippen molar-refractivity contribution >= 4 is 16.9 Å². The number of rotatable bonds is 2. The van der Waals surface area contributed by atoms with Gasteiger partial charge in [-0.2, -0.15) is 0 Å². The third-order valence-electron chi connectivity index (χ3n) is 2.00. The molecule has 0 aromatic heterocycles. The minimum absolute atomic E-state index is 0.00648. The predicted molar refractivity (Wildman–Crippen MR) is 59.9 cm³/mol. The molecule has 1 aliphatic heterocycles. The molecule has 4 N–H and O–H groups in total. The van der Waals surface area contributed by atoms with E-state index in [1.54, 1.807) is 0 Å². The second-order valence-corrected chi connectivity index (χ2v) is 4.30. The number of thioether (sulfide) groups is 1. The van der Waals surface area contributed by atoms with Gasteiger partial charge in [-0.1, -0.05) is 12.1 Å². The number of hydrogen-bond acceptors (Lipinski definition) is 3. The summed E-state index contributed by atoms with van der Waals surface area (Å²) in [6.07, 6.45) is 0.00648. The zero-order valence-electron chi connectivity index (χ0n) is 8.18. The number of hydrogen-bond donors (Lipinski definition) is 2. The van der Waals surface area contributed by atoms with Crippen LogP contribution in [0.25, 0.3) is 0 Å². The van der Waals surface area contributed by atoms with Gasteiger partial charge in [0.2, 0.25) is 0 Å². The number of benzene rings is 1. The summed E-state index contributed by atoms with van der Waals surface area (Å²) in [5, 5.41) is 5.72. The van der Waals surface area contributed by atoms with Crippen LogP contribution < -0.4 is 20.6 Å². The molecule has 0 amide bonds. The van der Waals surface area contributed by atoms with Gasteiger partial charge in [-0.15, -0.1) is 0 Å². The van der Waals surface area contributed by atoms with E-state index in [0.717, 1.165) is 11.5 Å². The fraction of sp³-hybridized carbons (Fsp3) is 0.300. The van der Waals surface area contributed by atoms with E-state index in [1.807, 2.05) is 24.3 Å². The van der Waals surface area contributed by atoms with Gasteiger partial charge in [0.1, 0.15) is 12.7 Å². The smallest absolute Gasteiger partial charge is 0.299 e. The van der Waals surface area contributed by atoms with Gasteiger partial charge < -0.3 is 9.47 Å². The standard InChI is InChI=1S/C10H12N2O2S/c11-10(12)15-6-7-5-13-8-3-1-2-4-9(8)14-7/h1-4,7H,5-6H2,(H3,11,12)/p+1. The first-order chi connectivity index (χ1) is 7.25. The van der Waals surface area contributed by atoms with E-state index in [4.69, 9.17) is 20.6 Å². The van der Waals surface area contributed by atoms with Crippen molar-refractivity contribution in [2.45, 2.75) is 6.10 Å². The highest BCUT2D eigenvalue weighted by Gasteiger charge is 2.21. The molecule has 1 aromatic rings. The summed E-state index contributed by atoms with van der Waals surface area (Å²) in [6, 6.07) is 7.62. The van der Waals surface area contributed by atoms with Crippen LogP contribution in [-0.2, 0) is 0 Å². The Morgan fingerprint density at radius 3 is 2.93 bits per heavy atom. The van der Waals surface area contributed by atoms with Crippen molar-refractivity contribution in [1.82, 2.24) is 0 Å². The van der Waals surface area contributed by atoms with Gasteiger partial charge in [-0.25, -0.2) is 0 Å². The molecule has 2 rings (SSSR count). The van der Waals surface area contributed by atoms with Crippen LogP contribution in [0.2, 0.25) is 0 Å². The minimum Gasteiger partial charge on any atom is -0.486 e. The first kappa shape index (κ1) is 10.2. The van der Waals surface area contributed by atoms with Crippen molar-refractivity contribution < 1.29 is 14.9 Å². The maximum atomic E-state index is 5.71. The van der Waals surface area contributed by atoms with Crippen molar-refractivity contribution in [3.05, 3.63) is 24.3 Å². The Hall–Kier alpha value is -1.36. The molecular weight excluding hydrogens is 212 g/mol. The molecule has 0 spiro atoms. The molecule has 0 radical (unpaired) electrons. The first-order valence-electron chi connectivity index (χ1n) is 4.65. The zero-order chi connectivity index (χ0) is 10.7. The van der Waals surface area contributed by atoms with E-state index in [9.17, 15) is 0 Å². The van der Waals surface area contributed by atoms with Gasteiger partial charge >= 0.3 is 0 Å². The summed E-state index contributed by atoms with van der Waals surface area (Å²) in [7, 11) is 0. The lowest BCUT2D eigenvalue weighted by Crippen LogP contribution is -2.44. The largest absolute Gasteiger partial charge is 0.486 e. The van der Waals surface area contributed by atoms with Crippen LogP contribution in [-0.4, -0.2) is 23.6 Å². The average molecular weight is 225 g/mol. The molecule has 1 unspecified atom stereocenters. The Morgan fingerprint density at radius 1 is 1.47 bits per heavy atom. The molecule has 0 fully saturated rings. The molecular formula is C10H13N2O2S+. The lowest BCUT2D eigenvalue weighted by Gasteiger charge is -2.25. The second-order valence-electron chi connectivity index (χ2n) is 3.21. The molecule has 0 saturated heterocycles. The molecule has 1 heterocycles. The van der Waals surface area contributed by atoms with Crippen LogP contribution in [0, 0.1) is 0 Å². The van der Waals surface area contributed by atoms with E-state index in [2.05, 4.69) is 0 Å². The highest BCUT2D eigenvalue weighted by atomic mass is 32.2. The molecule has 1 aliphatic rings. The van der Waals surface area contributed by atoms with Gasteiger partial charge in [-0.3, -0.25) is 11.1 Å². The van der Waals surface area contributed by atoms with Gasteiger partial charge in [0.15, 0.2) is 11.5 Å². The fourth-order valence-electron chi connectivity index (χ4n) is 1.33. The number of para-hydroxylation sites is 2. The highest BCUT2D eigenvalue weighted by Crippen LogP contribution is 2.31. The summed E-state index contributed by atoms with van der Waals surface area (Å²) >= 11 is 1.38. The third-order valence-corrected chi connectivity index (χ3v) is 2.88. The van der Waals surface area contributed by atoms with E-state index in [1.165, 1.54) is 11.8 Å². The maximum Gasteiger partial charge on any atom is 0.299 e. The van der Waals surface area contributed by atoms with E-state index < -0.39 is 0 Å². The Bertz CT molecular complexity index is 370. The van der Waals surface area contributed by atoms with Crippen molar-refractivity contribution in [3.63, 3.8) is 0 Å². The number of nitrogens with two attached hydrogens (primary N) is 2.